The lowest BCUT2D eigenvalue weighted by Gasteiger charge is -2.11. The predicted octanol–water partition coefficient (Wildman–Crippen LogP) is 3.38. The highest BCUT2D eigenvalue weighted by molar-refractivity contribution is 7.92. The number of carbonyl (C=O) groups is 1. The molecule has 0 radical (unpaired) electrons. The number of benzene rings is 2. The number of hydrogen-bond donors (Lipinski definition) is 2. The van der Waals surface area contributed by atoms with E-state index in [9.17, 15) is 13.2 Å². The van der Waals surface area contributed by atoms with Crippen molar-refractivity contribution in [2.75, 3.05) is 17.5 Å². The number of halogens is 1. The van der Waals surface area contributed by atoms with Gasteiger partial charge in [0.05, 0.1) is 11.9 Å². The Balaban J connectivity index is 1.92. The minimum Gasteiger partial charge on any atom is -0.352 e. The fraction of sp³-hybridized carbons (Fsp3) is 0.278. The predicted molar refractivity (Wildman–Crippen MR) is 102 cm³/mol. The maximum Gasteiger partial charge on any atom is 0.251 e. The average molecular weight is 381 g/mol. The molecule has 2 aromatic rings. The fourth-order valence-electron chi connectivity index (χ4n) is 2.36. The van der Waals surface area contributed by atoms with E-state index in [1.807, 2.05) is 24.3 Å². The van der Waals surface area contributed by atoms with Crippen molar-refractivity contribution in [2.24, 2.45) is 0 Å². The standard InChI is InChI=1S/C18H21ClN2O3S/c1-13-9-10-15(12-17(13)21-25(2,23)24)18(22)20-11-5-7-14-6-3-4-8-16(14)19/h3-4,6,8-10,12,21H,5,7,11H2,1-2H3,(H,20,22). The monoisotopic (exact) mass is 380 g/mol. The lowest BCUT2D eigenvalue weighted by atomic mass is 10.1. The third-order valence-corrected chi connectivity index (χ3v) is 4.62. The van der Waals surface area contributed by atoms with Gasteiger partial charge in [-0.15, -0.1) is 0 Å². The second-order valence-electron chi connectivity index (χ2n) is 5.85. The molecule has 0 aliphatic heterocycles. The zero-order valence-corrected chi connectivity index (χ0v) is 15.7. The van der Waals surface area contributed by atoms with Gasteiger partial charge in [0.1, 0.15) is 0 Å². The van der Waals surface area contributed by atoms with Crippen molar-refractivity contribution in [2.45, 2.75) is 19.8 Å². The molecule has 0 saturated heterocycles. The normalized spacial score (nSPS) is 11.2. The van der Waals surface area contributed by atoms with Gasteiger partial charge in [-0.3, -0.25) is 9.52 Å². The van der Waals surface area contributed by atoms with Crippen molar-refractivity contribution in [3.05, 3.63) is 64.2 Å². The van der Waals surface area contributed by atoms with Gasteiger partial charge in [0.15, 0.2) is 0 Å². The van der Waals surface area contributed by atoms with Crippen LogP contribution in [0, 0.1) is 6.92 Å². The molecular formula is C18H21ClN2O3S. The molecular weight excluding hydrogens is 360 g/mol. The Bertz CT molecular complexity index is 866. The minimum absolute atomic E-state index is 0.240. The van der Waals surface area contributed by atoms with Crippen LogP contribution in [0.4, 0.5) is 5.69 Å². The molecule has 0 heterocycles. The summed E-state index contributed by atoms with van der Waals surface area (Å²) in [5.74, 6) is -0.240. The molecule has 7 heteroatoms. The molecule has 25 heavy (non-hydrogen) atoms. The maximum atomic E-state index is 12.2. The average Bonchev–Trinajstić information content (AvgIpc) is 2.53. The van der Waals surface area contributed by atoms with Gasteiger partial charge in [-0.2, -0.15) is 0 Å². The molecule has 0 unspecified atom stereocenters. The van der Waals surface area contributed by atoms with Gasteiger partial charge in [-0.1, -0.05) is 35.9 Å². The number of amides is 1. The molecule has 2 N–H and O–H groups in total. The van der Waals surface area contributed by atoms with E-state index >= 15 is 0 Å². The van der Waals surface area contributed by atoms with Crippen LogP contribution < -0.4 is 10.0 Å². The van der Waals surface area contributed by atoms with Crippen molar-refractivity contribution in [3.8, 4) is 0 Å². The largest absolute Gasteiger partial charge is 0.352 e. The summed E-state index contributed by atoms with van der Waals surface area (Å²) in [5, 5.41) is 3.56. The Morgan fingerprint density at radius 2 is 1.88 bits per heavy atom. The molecule has 1 amide bonds. The lowest BCUT2D eigenvalue weighted by molar-refractivity contribution is 0.0953. The van der Waals surface area contributed by atoms with E-state index in [4.69, 9.17) is 11.6 Å². The summed E-state index contributed by atoms with van der Waals surface area (Å²) in [4.78, 5) is 12.2. The minimum atomic E-state index is -3.39. The Morgan fingerprint density at radius 1 is 1.16 bits per heavy atom. The number of rotatable bonds is 7. The number of sulfonamides is 1. The molecule has 5 nitrogen and oxygen atoms in total. The SMILES string of the molecule is Cc1ccc(C(=O)NCCCc2ccccc2Cl)cc1NS(C)(=O)=O. The number of carbonyl (C=O) groups excluding carboxylic acids is 1. The molecule has 0 saturated carbocycles. The quantitative estimate of drug-likeness (QED) is 0.723. The molecule has 2 rings (SSSR count). The van der Waals surface area contributed by atoms with Gasteiger partial charge in [0.25, 0.3) is 5.91 Å². The molecule has 0 spiro atoms. The zero-order chi connectivity index (χ0) is 18.4. The van der Waals surface area contributed by atoms with Crippen LogP contribution in [0.3, 0.4) is 0 Å². The van der Waals surface area contributed by atoms with Crippen LogP contribution in [0.15, 0.2) is 42.5 Å². The first kappa shape index (κ1) is 19.3. The smallest absolute Gasteiger partial charge is 0.251 e. The maximum absolute atomic E-state index is 12.2. The summed E-state index contributed by atoms with van der Waals surface area (Å²) in [7, 11) is -3.39. The van der Waals surface area contributed by atoms with Crippen LogP contribution in [-0.2, 0) is 16.4 Å². The van der Waals surface area contributed by atoms with Crippen molar-refractivity contribution >= 4 is 33.2 Å². The summed E-state index contributed by atoms with van der Waals surface area (Å²) in [6.45, 7) is 2.28. The summed E-state index contributed by atoms with van der Waals surface area (Å²) >= 11 is 6.10. The van der Waals surface area contributed by atoms with E-state index in [-0.39, 0.29) is 5.91 Å². The molecule has 0 fully saturated rings. The molecule has 0 bridgehead atoms. The van der Waals surface area contributed by atoms with Crippen molar-refractivity contribution in [1.29, 1.82) is 0 Å². The third kappa shape index (κ3) is 6.07. The van der Waals surface area contributed by atoms with Gasteiger partial charge in [-0.25, -0.2) is 8.42 Å². The molecule has 0 aliphatic rings. The van der Waals surface area contributed by atoms with Crippen LogP contribution in [-0.4, -0.2) is 27.1 Å². The summed E-state index contributed by atoms with van der Waals surface area (Å²) in [5.41, 5.74) is 2.62. The van der Waals surface area contributed by atoms with Gasteiger partial charge in [0.2, 0.25) is 10.0 Å². The van der Waals surface area contributed by atoms with Gasteiger partial charge in [0, 0.05) is 17.1 Å². The van der Waals surface area contributed by atoms with Gasteiger partial charge in [-0.05, 0) is 49.1 Å². The van der Waals surface area contributed by atoms with Crippen LogP contribution in [0.1, 0.15) is 27.9 Å². The Kier molecular flexibility index (Phi) is 6.45. The molecule has 0 atom stereocenters. The Morgan fingerprint density at radius 3 is 2.56 bits per heavy atom. The van der Waals surface area contributed by atoms with Gasteiger partial charge < -0.3 is 5.32 Å². The molecule has 2 aromatic carbocycles. The second-order valence-corrected chi connectivity index (χ2v) is 8.01. The van der Waals surface area contributed by atoms with E-state index in [2.05, 4.69) is 10.0 Å². The zero-order valence-electron chi connectivity index (χ0n) is 14.2. The van der Waals surface area contributed by atoms with E-state index in [1.165, 1.54) is 0 Å². The topological polar surface area (TPSA) is 75.3 Å². The van der Waals surface area contributed by atoms with Crippen molar-refractivity contribution < 1.29 is 13.2 Å². The first-order valence-electron chi connectivity index (χ1n) is 7.86. The fourth-order valence-corrected chi connectivity index (χ4v) is 3.21. The number of anilines is 1. The molecule has 0 aromatic heterocycles. The van der Waals surface area contributed by atoms with Crippen LogP contribution in [0.2, 0.25) is 5.02 Å². The van der Waals surface area contributed by atoms with Crippen LogP contribution >= 0.6 is 11.6 Å². The lowest BCUT2D eigenvalue weighted by Crippen LogP contribution is -2.25. The Labute approximate surface area is 153 Å². The first-order chi connectivity index (χ1) is 11.8. The second kappa shape index (κ2) is 8.36. The summed E-state index contributed by atoms with van der Waals surface area (Å²) in [6.07, 6.45) is 2.61. The van der Waals surface area contributed by atoms with Gasteiger partial charge >= 0.3 is 0 Å². The molecule has 134 valence electrons. The first-order valence-corrected chi connectivity index (χ1v) is 10.1. The summed E-state index contributed by atoms with van der Waals surface area (Å²) in [6, 6.07) is 12.6. The van der Waals surface area contributed by atoms with Crippen molar-refractivity contribution in [3.63, 3.8) is 0 Å². The number of nitrogens with one attached hydrogen (secondary N) is 2. The summed E-state index contributed by atoms with van der Waals surface area (Å²) < 4.78 is 25.2. The van der Waals surface area contributed by atoms with E-state index in [1.54, 1.807) is 25.1 Å². The highest BCUT2D eigenvalue weighted by atomic mass is 35.5. The number of hydrogen-bond acceptors (Lipinski definition) is 3. The highest BCUT2D eigenvalue weighted by Crippen LogP contribution is 2.18. The third-order valence-electron chi connectivity index (χ3n) is 3.66. The number of aryl methyl sites for hydroxylation is 2. The van der Waals surface area contributed by atoms with Crippen molar-refractivity contribution in [1.82, 2.24) is 5.32 Å². The highest BCUT2D eigenvalue weighted by Gasteiger charge is 2.10. The molecule has 0 aliphatic carbocycles. The Hall–Kier alpha value is -2.05. The van der Waals surface area contributed by atoms with Crippen LogP contribution in [0.5, 0.6) is 0 Å². The van der Waals surface area contributed by atoms with E-state index in [0.717, 1.165) is 35.2 Å². The van der Waals surface area contributed by atoms with E-state index < -0.39 is 10.0 Å². The van der Waals surface area contributed by atoms with E-state index in [0.29, 0.717) is 17.8 Å². The van der Waals surface area contributed by atoms with Crippen LogP contribution in [0.25, 0.3) is 0 Å².